The highest BCUT2D eigenvalue weighted by atomic mass is 32.1. The molecule has 0 unspecified atom stereocenters. The first-order valence-corrected chi connectivity index (χ1v) is 5.94. The fourth-order valence-corrected chi connectivity index (χ4v) is 1.81. The van der Waals surface area contributed by atoms with Crippen LogP contribution in [0.4, 0.5) is 8.78 Å². The Kier molecular flexibility index (Phi) is 4.06. The zero-order chi connectivity index (χ0) is 13.8. The third kappa shape index (κ3) is 3.26. The summed E-state index contributed by atoms with van der Waals surface area (Å²) in [6.07, 6.45) is 0. The smallest absolute Gasteiger partial charge is 0.165 e. The van der Waals surface area contributed by atoms with Crippen LogP contribution >= 0.6 is 12.2 Å². The second-order valence-corrected chi connectivity index (χ2v) is 4.32. The number of para-hydroxylation sites is 1. The van der Waals surface area contributed by atoms with Gasteiger partial charge in [0, 0.05) is 5.56 Å². The molecule has 0 aliphatic carbocycles. The lowest BCUT2D eigenvalue weighted by molar-refractivity contribution is 0.290. The number of ether oxygens (including phenoxy) is 1. The third-order valence-electron chi connectivity index (χ3n) is 2.56. The van der Waals surface area contributed by atoms with Gasteiger partial charge in [-0.2, -0.15) is 0 Å². The molecule has 0 spiro atoms. The van der Waals surface area contributed by atoms with Gasteiger partial charge in [0.2, 0.25) is 0 Å². The monoisotopic (exact) mass is 279 g/mol. The minimum Gasteiger partial charge on any atom is -0.486 e. The van der Waals surface area contributed by atoms with Crippen LogP contribution in [0, 0.1) is 11.6 Å². The van der Waals surface area contributed by atoms with Crippen LogP contribution in [0.2, 0.25) is 0 Å². The van der Waals surface area contributed by atoms with E-state index in [1.54, 1.807) is 12.1 Å². The maximum atomic E-state index is 13.4. The van der Waals surface area contributed by atoms with Crippen molar-refractivity contribution in [3.63, 3.8) is 0 Å². The number of rotatable bonds is 4. The highest BCUT2D eigenvalue weighted by Crippen LogP contribution is 2.19. The van der Waals surface area contributed by atoms with Gasteiger partial charge < -0.3 is 10.5 Å². The van der Waals surface area contributed by atoms with E-state index in [0.29, 0.717) is 11.1 Å². The van der Waals surface area contributed by atoms with Crippen LogP contribution in [0.15, 0.2) is 42.5 Å². The first-order chi connectivity index (χ1) is 9.08. The summed E-state index contributed by atoms with van der Waals surface area (Å²) in [5.74, 6) is -0.764. The number of benzene rings is 2. The lowest BCUT2D eigenvalue weighted by Crippen LogP contribution is -2.14. The quantitative estimate of drug-likeness (QED) is 0.873. The molecule has 0 amide bonds. The van der Waals surface area contributed by atoms with Crippen LogP contribution < -0.4 is 10.5 Å². The van der Waals surface area contributed by atoms with Gasteiger partial charge in [0.15, 0.2) is 11.6 Å². The SMILES string of the molecule is NC(=S)c1cc(F)ccc1COc1ccccc1F. The molecule has 0 atom stereocenters. The highest BCUT2D eigenvalue weighted by Gasteiger charge is 2.09. The molecule has 98 valence electrons. The van der Waals surface area contributed by atoms with Gasteiger partial charge in [-0.05, 0) is 29.8 Å². The average Bonchev–Trinajstić information content (AvgIpc) is 2.38. The molecule has 0 saturated heterocycles. The van der Waals surface area contributed by atoms with E-state index in [1.807, 2.05) is 0 Å². The summed E-state index contributed by atoms with van der Waals surface area (Å²) < 4.78 is 31.8. The molecule has 2 aromatic carbocycles. The predicted octanol–water partition coefficient (Wildman–Crippen LogP) is 3.18. The minimum atomic E-state index is -0.457. The summed E-state index contributed by atoms with van der Waals surface area (Å²) in [4.78, 5) is 0.0756. The lowest BCUT2D eigenvalue weighted by Gasteiger charge is -2.10. The second kappa shape index (κ2) is 5.75. The van der Waals surface area contributed by atoms with Crippen molar-refractivity contribution in [2.24, 2.45) is 5.73 Å². The fourth-order valence-electron chi connectivity index (χ4n) is 1.62. The molecule has 2 rings (SSSR count). The standard InChI is InChI=1S/C14H11F2NOS/c15-10-6-5-9(11(7-10)14(17)19)8-18-13-4-2-1-3-12(13)16/h1-7H,8H2,(H2,17,19). The molecule has 0 fully saturated rings. The third-order valence-corrected chi connectivity index (χ3v) is 2.78. The Hall–Kier alpha value is -2.01. The van der Waals surface area contributed by atoms with Crippen LogP contribution in [-0.2, 0) is 6.61 Å². The summed E-state index contributed by atoms with van der Waals surface area (Å²) in [5.41, 5.74) is 6.52. The summed E-state index contributed by atoms with van der Waals surface area (Å²) in [6.45, 7) is 0.0634. The lowest BCUT2D eigenvalue weighted by atomic mass is 10.1. The molecular weight excluding hydrogens is 268 g/mol. The van der Waals surface area contributed by atoms with Gasteiger partial charge in [0.1, 0.15) is 17.4 Å². The zero-order valence-corrected chi connectivity index (χ0v) is 10.7. The maximum absolute atomic E-state index is 13.4. The largest absolute Gasteiger partial charge is 0.486 e. The van der Waals surface area contributed by atoms with Crippen molar-refractivity contribution >= 4 is 17.2 Å². The van der Waals surface area contributed by atoms with Gasteiger partial charge in [0.25, 0.3) is 0 Å². The van der Waals surface area contributed by atoms with Crippen molar-refractivity contribution in [3.05, 3.63) is 65.2 Å². The molecule has 19 heavy (non-hydrogen) atoms. The molecule has 5 heteroatoms. The number of hydrogen-bond donors (Lipinski definition) is 1. The number of hydrogen-bond acceptors (Lipinski definition) is 2. The molecule has 0 radical (unpaired) electrons. The van der Waals surface area contributed by atoms with E-state index in [-0.39, 0.29) is 17.3 Å². The molecule has 0 heterocycles. The predicted molar refractivity (Wildman–Crippen MR) is 73.0 cm³/mol. The summed E-state index contributed by atoms with van der Waals surface area (Å²) in [5, 5.41) is 0. The van der Waals surface area contributed by atoms with E-state index in [2.05, 4.69) is 0 Å². The second-order valence-electron chi connectivity index (χ2n) is 3.88. The van der Waals surface area contributed by atoms with E-state index in [4.69, 9.17) is 22.7 Å². The molecule has 0 aliphatic rings. The molecule has 0 aliphatic heterocycles. The van der Waals surface area contributed by atoms with Crippen LogP contribution in [0.5, 0.6) is 5.75 Å². The van der Waals surface area contributed by atoms with E-state index < -0.39 is 11.6 Å². The first-order valence-electron chi connectivity index (χ1n) is 5.53. The summed E-state index contributed by atoms with van der Waals surface area (Å²) in [7, 11) is 0. The van der Waals surface area contributed by atoms with Gasteiger partial charge in [-0.1, -0.05) is 30.4 Å². The molecule has 0 bridgehead atoms. The topological polar surface area (TPSA) is 35.2 Å². The van der Waals surface area contributed by atoms with Gasteiger partial charge in [-0.15, -0.1) is 0 Å². The molecule has 2 N–H and O–H groups in total. The van der Waals surface area contributed by atoms with Crippen molar-refractivity contribution in [2.45, 2.75) is 6.61 Å². The van der Waals surface area contributed by atoms with Crippen LogP contribution in [0.1, 0.15) is 11.1 Å². The molecule has 0 saturated carbocycles. The minimum absolute atomic E-state index is 0.0634. The van der Waals surface area contributed by atoms with E-state index >= 15 is 0 Å². The summed E-state index contributed by atoms with van der Waals surface area (Å²) >= 11 is 4.85. The van der Waals surface area contributed by atoms with Crippen LogP contribution in [0.25, 0.3) is 0 Å². The number of nitrogens with two attached hydrogens (primary N) is 1. The van der Waals surface area contributed by atoms with E-state index in [9.17, 15) is 8.78 Å². The van der Waals surface area contributed by atoms with Gasteiger partial charge in [-0.3, -0.25) is 0 Å². The van der Waals surface area contributed by atoms with Gasteiger partial charge >= 0.3 is 0 Å². The van der Waals surface area contributed by atoms with Crippen molar-refractivity contribution in [1.29, 1.82) is 0 Å². The molecular formula is C14H11F2NOS. The van der Waals surface area contributed by atoms with E-state index in [0.717, 1.165) is 0 Å². The first kappa shape index (κ1) is 13.4. The average molecular weight is 279 g/mol. The molecule has 2 aromatic rings. The molecule has 0 aromatic heterocycles. The Morgan fingerprint density at radius 3 is 2.58 bits per heavy atom. The normalized spacial score (nSPS) is 10.2. The van der Waals surface area contributed by atoms with E-state index in [1.165, 1.54) is 30.3 Å². The Morgan fingerprint density at radius 1 is 1.16 bits per heavy atom. The van der Waals surface area contributed by atoms with Crippen LogP contribution in [-0.4, -0.2) is 4.99 Å². The van der Waals surface area contributed by atoms with Crippen molar-refractivity contribution in [1.82, 2.24) is 0 Å². The Morgan fingerprint density at radius 2 is 1.89 bits per heavy atom. The Balaban J connectivity index is 2.20. The van der Waals surface area contributed by atoms with Crippen LogP contribution in [0.3, 0.4) is 0 Å². The number of halogens is 2. The Bertz CT molecular complexity index is 616. The zero-order valence-electron chi connectivity index (χ0n) is 9.90. The maximum Gasteiger partial charge on any atom is 0.165 e. The number of thiocarbonyl (C=S) groups is 1. The van der Waals surface area contributed by atoms with Crippen molar-refractivity contribution in [3.8, 4) is 5.75 Å². The molecule has 2 nitrogen and oxygen atoms in total. The van der Waals surface area contributed by atoms with Crippen molar-refractivity contribution < 1.29 is 13.5 Å². The Labute approximate surface area is 114 Å². The van der Waals surface area contributed by atoms with Crippen molar-refractivity contribution in [2.75, 3.05) is 0 Å². The fraction of sp³-hybridized carbons (Fsp3) is 0.0714. The summed E-state index contributed by atoms with van der Waals surface area (Å²) in [6, 6.07) is 10.1. The van der Waals surface area contributed by atoms with Gasteiger partial charge in [-0.25, -0.2) is 8.78 Å². The van der Waals surface area contributed by atoms with Gasteiger partial charge in [0.05, 0.1) is 0 Å². The highest BCUT2D eigenvalue weighted by molar-refractivity contribution is 7.80.